The summed E-state index contributed by atoms with van der Waals surface area (Å²) >= 11 is 5.75. The van der Waals surface area contributed by atoms with Gasteiger partial charge in [-0.3, -0.25) is 4.98 Å². The second kappa shape index (κ2) is 3.11. The third kappa shape index (κ3) is 1.41. The molecule has 0 fully saturated rings. The Morgan fingerprint density at radius 3 is 3.00 bits per heavy atom. The molecule has 3 nitrogen and oxygen atoms in total. The molecule has 0 saturated heterocycles. The van der Waals surface area contributed by atoms with Crippen molar-refractivity contribution in [3.63, 3.8) is 0 Å². The molecule has 12 heavy (non-hydrogen) atoms. The Hall–Kier alpha value is -1.09. The van der Waals surface area contributed by atoms with E-state index in [0.717, 1.165) is 12.1 Å². The molecule has 0 aromatic carbocycles. The van der Waals surface area contributed by atoms with Crippen molar-refractivity contribution in [2.24, 2.45) is 4.99 Å². The summed E-state index contributed by atoms with van der Waals surface area (Å²) in [5.41, 5.74) is 0.847. The van der Waals surface area contributed by atoms with Crippen LogP contribution in [0.4, 0.5) is 0 Å². The number of aromatic nitrogens is 1. The van der Waals surface area contributed by atoms with Crippen molar-refractivity contribution in [1.29, 1.82) is 0 Å². The molecule has 1 aromatic rings. The van der Waals surface area contributed by atoms with Crippen molar-refractivity contribution in [2.45, 2.75) is 0 Å². The monoisotopic (exact) mass is 182 g/mol. The van der Waals surface area contributed by atoms with Crippen molar-refractivity contribution in [1.82, 2.24) is 4.98 Å². The molecule has 0 atom stereocenters. The van der Waals surface area contributed by atoms with Gasteiger partial charge in [-0.05, 0) is 6.07 Å². The van der Waals surface area contributed by atoms with Gasteiger partial charge >= 0.3 is 0 Å². The fourth-order valence-electron chi connectivity index (χ4n) is 1.04. The lowest BCUT2D eigenvalue weighted by Gasteiger charge is -1.99. The molecule has 1 aliphatic heterocycles. The SMILES string of the molecule is Clc1cncc(C2=NCCO2)c1. The number of pyridine rings is 1. The molecule has 2 rings (SSSR count). The smallest absolute Gasteiger partial charge is 0.217 e. The zero-order valence-electron chi connectivity index (χ0n) is 6.33. The lowest BCUT2D eigenvalue weighted by atomic mass is 10.3. The van der Waals surface area contributed by atoms with E-state index in [1.165, 1.54) is 0 Å². The van der Waals surface area contributed by atoms with E-state index in [1.807, 2.05) is 0 Å². The summed E-state index contributed by atoms with van der Waals surface area (Å²) in [5.74, 6) is 0.644. The second-order valence-corrected chi connectivity index (χ2v) is 2.86. The summed E-state index contributed by atoms with van der Waals surface area (Å²) in [6.45, 7) is 1.38. The fraction of sp³-hybridized carbons (Fsp3) is 0.250. The van der Waals surface area contributed by atoms with Crippen LogP contribution < -0.4 is 0 Å². The highest BCUT2D eigenvalue weighted by Crippen LogP contribution is 2.11. The Morgan fingerprint density at radius 2 is 2.33 bits per heavy atom. The second-order valence-electron chi connectivity index (χ2n) is 2.43. The Morgan fingerprint density at radius 1 is 1.42 bits per heavy atom. The average Bonchev–Trinajstić information content (AvgIpc) is 2.56. The van der Waals surface area contributed by atoms with Gasteiger partial charge in [0, 0.05) is 12.4 Å². The zero-order chi connectivity index (χ0) is 8.39. The van der Waals surface area contributed by atoms with Crippen LogP contribution in [0.15, 0.2) is 23.5 Å². The molecule has 0 unspecified atom stereocenters. The maximum absolute atomic E-state index is 5.75. The molecule has 4 heteroatoms. The van der Waals surface area contributed by atoms with E-state index in [1.54, 1.807) is 18.5 Å². The molecule has 1 aromatic heterocycles. The summed E-state index contributed by atoms with van der Waals surface area (Å²) < 4.78 is 5.25. The molecular weight excluding hydrogens is 176 g/mol. The van der Waals surface area contributed by atoms with Crippen molar-refractivity contribution in [3.8, 4) is 0 Å². The van der Waals surface area contributed by atoms with Crippen molar-refractivity contribution in [3.05, 3.63) is 29.0 Å². The number of halogens is 1. The van der Waals surface area contributed by atoms with Crippen molar-refractivity contribution in [2.75, 3.05) is 13.2 Å². The van der Waals surface area contributed by atoms with E-state index in [4.69, 9.17) is 16.3 Å². The first-order valence-electron chi connectivity index (χ1n) is 3.64. The van der Waals surface area contributed by atoms with E-state index >= 15 is 0 Å². The largest absolute Gasteiger partial charge is 0.475 e. The van der Waals surface area contributed by atoms with Crippen LogP contribution in [0.25, 0.3) is 0 Å². The minimum Gasteiger partial charge on any atom is -0.475 e. The Labute approximate surface area is 75.1 Å². The lowest BCUT2D eigenvalue weighted by molar-refractivity contribution is 0.348. The molecule has 0 saturated carbocycles. The first-order valence-corrected chi connectivity index (χ1v) is 4.02. The summed E-state index contributed by atoms with van der Waals surface area (Å²) in [6.07, 6.45) is 3.27. The van der Waals surface area contributed by atoms with Crippen molar-refractivity contribution < 1.29 is 4.74 Å². The van der Waals surface area contributed by atoms with Crippen LogP contribution in [0, 0.1) is 0 Å². The van der Waals surface area contributed by atoms with Crippen LogP contribution >= 0.6 is 11.6 Å². The van der Waals surface area contributed by atoms with Crippen molar-refractivity contribution >= 4 is 17.5 Å². The van der Waals surface area contributed by atoms with Gasteiger partial charge in [-0.15, -0.1) is 0 Å². The quantitative estimate of drug-likeness (QED) is 0.660. The van der Waals surface area contributed by atoms with Gasteiger partial charge in [0.25, 0.3) is 0 Å². The molecule has 0 aliphatic carbocycles. The van der Waals surface area contributed by atoms with Crippen LogP contribution in [-0.2, 0) is 4.74 Å². The Balaban J connectivity index is 2.33. The molecule has 1 aliphatic rings. The minimum absolute atomic E-state index is 0.603. The molecule has 0 bridgehead atoms. The third-order valence-electron chi connectivity index (χ3n) is 1.54. The Kier molecular flexibility index (Phi) is 1.96. The summed E-state index contributed by atoms with van der Waals surface area (Å²) in [7, 11) is 0. The molecule has 0 amide bonds. The van der Waals surface area contributed by atoms with Crippen LogP contribution in [-0.4, -0.2) is 24.0 Å². The lowest BCUT2D eigenvalue weighted by Crippen LogP contribution is -2.01. The predicted molar refractivity (Wildman–Crippen MR) is 46.6 cm³/mol. The van der Waals surface area contributed by atoms with E-state index in [-0.39, 0.29) is 0 Å². The first-order chi connectivity index (χ1) is 5.86. The first kappa shape index (κ1) is 7.55. The predicted octanol–water partition coefficient (Wildman–Crippen LogP) is 1.51. The standard InChI is InChI=1S/C8H7ClN2O/c9-7-3-6(4-10-5-7)8-11-1-2-12-8/h3-5H,1-2H2. The zero-order valence-corrected chi connectivity index (χ0v) is 7.08. The topological polar surface area (TPSA) is 34.5 Å². The van der Waals surface area contributed by atoms with E-state index in [0.29, 0.717) is 17.5 Å². The number of ether oxygens (including phenoxy) is 1. The van der Waals surface area contributed by atoms with Crippen LogP contribution in [0.5, 0.6) is 0 Å². The van der Waals surface area contributed by atoms with E-state index in [9.17, 15) is 0 Å². The molecule has 0 spiro atoms. The number of aliphatic imine (C=N–C) groups is 1. The summed E-state index contributed by atoms with van der Waals surface area (Å²) in [6, 6.07) is 1.79. The average molecular weight is 183 g/mol. The van der Waals surface area contributed by atoms with Gasteiger partial charge < -0.3 is 4.74 Å². The van der Waals surface area contributed by atoms with Gasteiger partial charge in [0.2, 0.25) is 5.90 Å². The molecular formula is C8H7ClN2O. The highest BCUT2D eigenvalue weighted by atomic mass is 35.5. The maximum Gasteiger partial charge on any atom is 0.217 e. The normalized spacial score (nSPS) is 15.6. The van der Waals surface area contributed by atoms with E-state index in [2.05, 4.69) is 9.98 Å². The number of hydrogen-bond donors (Lipinski definition) is 0. The highest BCUT2D eigenvalue weighted by molar-refractivity contribution is 6.30. The van der Waals surface area contributed by atoms with Gasteiger partial charge in [0.15, 0.2) is 0 Å². The van der Waals surface area contributed by atoms with Crippen LogP contribution in [0.3, 0.4) is 0 Å². The maximum atomic E-state index is 5.75. The van der Waals surface area contributed by atoms with Gasteiger partial charge in [-0.25, -0.2) is 4.99 Å². The van der Waals surface area contributed by atoms with Gasteiger partial charge in [0.1, 0.15) is 6.61 Å². The third-order valence-corrected chi connectivity index (χ3v) is 1.74. The molecule has 0 radical (unpaired) electrons. The molecule has 62 valence electrons. The van der Waals surface area contributed by atoms with Gasteiger partial charge in [0.05, 0.1) is 17.1 Å². The van der Waals surface area contributed by atoms with Crippen LogP contribution in [0.2, 0.25) is 5.02 Å². The number of nitrogens with zero attached hydrogens (tertiary/aromatic N) is 2. The van der Waals surface area contributed by atoms with Gasteiger partial charge in [-0.1, -0.05) is 11.6 Å². The van der Waals surface area contributed by atoms with E-state index < -0.39 is 0 Å². The highest BCUT2D eigenvalue weighted by Gasteiger charge is 2.10. The fourth-order valence-corrected chi connectivity index (χ4v) is 1.21. The van der Waals surface area contributed by atoms with Gasteiger partial charge in [-0.2, -0.15) is 0 Å². The number of rotatable bonds is 1. The molecule has 0 N–H and O–H groups in total. The minimum atomic E-state index is 0.603. The summed E-state index contributed by atoms with van der Waals surface area (Å²) in [5, 5.41) is 0.603. The summed E-state index contributed by atoms with van der Waals surface area (Å²) in [4.78, 5) is 8.08. The Bertz CT molecular complexity index is 325. The number of hydrogen-bond acceptors (Lipinski definition) is 3. The molecule has 2 heterocycles. The van der Waals surface area contributed by atoms with Crippen LogP contribution in [0.1, 0.15) is 5.56 Å².